The van der Waals surface area contributed by atoms with E-state index < -0.39 is 18.0 Å². The number of aliphatic hydroxyl groups is 3. The van der Waals surface area contributed by atoms with Gasteiger partial charge in [-0.25, -0.2) is 0 Å². The molecule has 2 aliphatic heterocycles. The van der Waals surface area contributed by atoms with Gasteiger partial charge in [0.15, 0.2) is 5.79 Å². The fourth-order valence-corrected chi connectivity index (χ4v) is 2.58. The van der Waals surface area contributed by atoms with E-state index in [2.05, 4.69) is 0 Å². The summed E-state index contributed by atoms with van der Waals surface area (Å²) in [6.07, 6.45) is 0.181. The average Bonchev–Trinajstić information content (AvgIpc) is 2.58. The molecular formula is C11H20O5. The largest absolute Gasteiger partial charge is 0.396 e. The van der Waals surface area contributed by atoms with Crippen molar-refractivity contribution >= 4 is 0 Å². The van der Waals surface area contributed by atoms with Crippen molar-refractivity contribution in [1.82, 2.24) is 0 Å². The summed E-state index contributed by atoms with van der Waals surface area (Å²) in [7, 11) is 0. The molecule has 0 amide bonds. The highest BCUT2D eigenvalue weighted by Gasteiger charge is 2.53. The average molecular weight is 232 g/mol. The minimum absolute atomic E-state index is 0.0130. The maximum atomic E-state index is 9.97. The Kier molecular flexibility index (Phi) is 3.51. The van der Waals surface area contributed by atoms with Gasteiger partial charge in [-0.05, 0) is 19.8 Å². The Morgan fingerprint density at radius 2 is 2.06 bits per heavy atom. The zero-order chi connectivity index (χ0) is 11.8. The van der Waals surface area contributed by atoms with E-state index in [9.17, 15) is 10.2 Å². The molecule has 0 aromatic carbocycles. The first-order chi connectivity index (χ1) is 7.57. The predicted molar refractivity (Wildman–Crippen MR) is 55.7 cm³/mol. The van der Waals surface area contributed by atoms with Crippen LogP contribution in [0, 0.1) is 0 Å². The standard InChI is InChI=1S/C11H20O5/c1-7-2-4-11(15-7)10(14)9(13)6-8(16-11)3-5-12/h7-10,12-14H,2-6H2,1H3/t7-,8+,9-,10+,11+/m0/s1. The van der Waals surface area contributed by atoms with Crippen molar-refractivity contribution in [3.8, 4) is 0 Å². The van der Waals surface area contributed by atoms with Crippen molar-refractivity contribution in [1.29, 1.82) is 0 Å². The molecule has 5 heteroatoms. The van der Waals surface area contributed by atoms with Crippen molar-refractivity contribution in [3.63, 3.8) is 0 Å². The Hall–Kier alpha value is -0.200. The van der Waals surface area contributed by atoms with E-state index in [0.717, 1.165) is 6.42 Å². The van der Waals surface area contributed by atoms with Gasteiger partial charge in [-0.3, -0.25) is 0 Å². The second-order valence-corrected chi connectivity index (χ2v) is 4.78. The van der Waals surface area contributed by atoms with Crippen molar-refractivity contribution < 1.29 is 24.8 Å². The molecule has 0 aromatic rings. The lowest BCUT2D eigenvalue weighted by atomic mass is 9.92. The highest BCUT2D eigenvalue weighted by Crippen LogP contribution is 2.41. The Morgan fingerprint density at radius 1 is 1.31 bits per heavy atom. The molecule has 0 bridgehead atoms. The van der Waals surface area contributed by atoms with Crippen LogP contribution in [0.5, 0.6) is 0 Å². The molecule has 16 heavy (non-hydrogen) atoms. The van der Waals surface area contributed by atoms with Crippen LogP contribution < -0.4 is 0 Å². The minimum Gasteiger partial charge on any atom is -0.396 e. The summed E-state index contributed by atoms with van der Waals surface area (Å²) in [4.78, 5) is 0. The summed E-state index contributed by atoms with van der Waals surface area (Å²) in [5, 5.41) is 28.7. The molecule has 2 aliphatic rings. The second-order valence-electron chi connectivity index (χ2n) is 4.78. The molecule has 2 fully saturated rings. The lowest BCUT2D eigenvalue weighted by Gasteiger charge is -2.44. The Morgan fingerprint density at radius 3 is 2.62 bits per heavy atom. The third-order valence-electron chi connectivity index (χ3n) is 3.44. The van der Waals surface area contributed by atoms with Crippen LogP contribution in [0.3, 0.4) is 0 Å². The second kappa shape index (κ2) is 4.58. The van der Waals surface area contributed by atoms with E-state index in [4.69, 9.17) is 14.6 Å². The summed E-state index contributed by atoms with van der Waals surface area (Å²) in [5.41, 5.74) is 0. The molecule has 5 atom stereocenters. The molecule has 0 saturated carbocycles. The fraction of sp³-hybridized carbons (Fsp3) is 1.00. The van der Waals surface area contributed by atoms with Crippen LogP contribution in [0.1, 0.15) is 32.6 Å². The predicted octanol–water partition coefficient (Wildman–Crippen LogP) is -0.225. The summed E-state index contributed by atoms with van der Waals surface area (Å²) in [6.45, 7) is 1.94. The normalized spacial score (nSPS) is 48.8. The van der Waals surface area contributed by atoms with Gasteiger partial charge in [0.2, 0.25) is 0 Å². The van der Waals surface area contributed by atoms with E-state index in [1.54, 1.807) is 0 Å². The van der Waals surface area contributed by atoms with Crippen LogP contribution in [0.4, 0.5) is 0 Å². The zero-order valence-corrected chi connectivity index (χ0v) is 9.50. The molecule has 0 aromatic heterocycles. The molecule has 0 aliphatic carbocycles. The lowest BCUT2D eigenvalue weighted by Crippen LogP contribution is -2.58. The highest BCUT2D eigenvalue weighted by molar-refractivity contribution is 4.95. The third-order valence-corrected chi connectivity index (χ3v) is 3.44. The van der Waals surface area contributed by atoms with Crippen LogP contribution in [-0.4, -0.2) is 52.1 Å². The fourth-order valence-electron chi connectivity index (χ4n) is 2.58. The SMILES string of the molecule is C[C@H]1CC[C@]2(O[C@H](CCO)C[C@H](O)[C@H]2O)O1. The van der Waals surface area contributed by atoms with Gasteiger partial charge >= 0.3 is 0 Å². The Bertz CT molecular complexity index is 247. The van der Waals surface area contributed by atoms with Crippen LogP contribution in [0.2, 0.25) is 0 Å². The number of ether oxygens (including phenoxy) is 2. The monoisotopic (exact) mass is 232 g/mol. The van der Waals surface area contributed by atoms with Crippen LogP contribution >= 0.6 is 0 Å². The van der Waals surface area contributed by atoms with E-state index in [1.165, 1.54) is 0 Å². The minimum atomic E-state index is -1.06. The van der Waals surface area contributed by atoms with Crippen LogP contribution in [0.15, 0.2) is 0 Å². The molecule has 0 unspecified atom stereocenters. The van der Waals surface area contributed by atoms with E-state index >= 15 is 0 Å². The smallest absolute Gasteiger partial charge is 0.197 e. The van der Waals surface area contributed by atoms with E-state index in [1.807, 2.05) is 6.92 Å². The zero-order valence-electron chi connectivity index (χ0n) is 9.50. The molecule has 5 nitrogen and oxygen atoms in total. The van der Waals surface area contributed by atoms with E-state index in [0.29, 0.717) is 19.3 Å². The molecule has 0 radical (unpaired) electrons. The highest BCUT2D eigenvalue weighted by atomic mass is 16.7. The number of rotatable bonds is 2. The number of aliphatic hydroxyl groups excluding tert-OH is 3. The molecule has 94 valence electrons. The van der Waals surface area contributed by atoms with Crippen LogP contribution in [-0.2, 0) is 9.47 Å². The lowest BCUT2D eigenvalue weighted by molar-refractivity contribution is -0.331. The van der Waals surface area contributed by atoms with Gasteiger partial charge in [-0.15, -0.1) is 0 Å². The number of hydrogen-bond acceptors (Lipinski definition) is 5. The third kappa shape index (κ3) is 2.10. The van der Waals surface area contributed by atoms with Crippen molar-refractivity contribution in [2.45, 2.75) is 62.8 Å². The van der Waals surface area contributed by atoms with E-state index in [-0.39, 0.29) is 18.8 Å². The maximum Gasteiger partial charge on any atom is 0.197 e. The van der Waals surface area contributed by atoms with Crippen molar-refractivity contribution in [2.24, 2.45) is 0 Å². The van der Waals surface area contributed by atoms with Gasteiger partial charge in [-0.2, -0.15) is 0 Å². The first kappa shape index (κ1) is 12.3. The van der Waals surface area contributed by atoms with Crippen molar-refractivity contribution in [2.75, 3.05) is 6.61 Å². The quantitative estimate of drug-likeness (QED) is 0.613. The summed E-state index contributed by atoms with van der Waals surface area (Å²) >= 11 is 0. The summed E-state index contributed by atoms with van der Waals surface area (Å²) in [6, 6.07) is 0. The molecule has 2 heterocycles. The Balaban J connectivity index is 2.09. The van der Waals surface area contributed by atoms with Gasteiger partial charge in [0, 0.05) is 19.4 Å². The molecule has 3 N–H and O–H groups in total. The first-order valence-corrected chi connectivity index (χ1v) is 5.90. The van der Waals surface area contributed by atoms with Gasteiger partial charge < -0.3 is 24.8 Å². The molecular weight excluding hydrogens is 212 g/mol. The number of hydrogen-bond donors (Lipinski definition) is 3. The van der Waals surface area contributed by atoms with Gasteiger partial charge in [0.05, 0.1) is 18.3 Å². The van der Waals surface area contributed by atoms with Gasteiger partial charge in [-0.1, -0.05) is 0 Å². The maximum absolute atomic E-state index is 9.97. The van der Waals surface area contributed by atoms with Gasteiger partial charge in [0.1, 0.15) is 6.10 Å². The molecule has 1 spiro atoms. The topological polar surface area (TPSA) is 79.2 Å². The van der Waals surface area contributed by atoms with Crippen LogP contribution in [0.25, 0.3) is 0 Å². The Labute approximate surface area is 95.0 Å². The van der Waals surface area contributed by atoms with Gasteiger partial charge in [0.25, 0.3) is 0 Å². The first-order valence-electron chi connectivity index (χ1n) is 5.90. The molecule has 2 rings (SSSR count). The van der Waals surface area contributed by atoms with Crippen molar-refractivity contribution in [3.05, 3.63) is 0 Å². The summed E-state index contributed by atoms with van der Waals surface area (Å²) in [5.74, 6) is -1.06. The summed E-state index contributed by atoms with van der Waals surface area (Å²) < 4.78 is 11.4. The molecule has 2 saturated heterocycles.